The van der Waals surface area contributed by atoms with Crippen molar-refractivity contribution >= 4 is 30.1 Å². The van der Waals surface area contributed by atoms with Gasteiger partial charge in [-0.1, -0.05) is 0 Å². The smallest absolute Gasteiger partial charge is 0.254 e. The highest BCUT2D eigenvalue weighted by molar-refractivity contribution is 7.97. The summed E-state index contributed by atoms with van der Waals surface area (Å²) in [5, 5.41) is 3.32. The van der Waals surface area contributed by atoms with Gasteiger partial charge < -0.3 is 14.8 Å². The van der Waals surface area contributed by atoms with Crippen molar-refractivity contribution in [3.8, 4) is 0 Å². The zero-order valence-electron chi connectivity index (χ0n) is 14.2. The number of hydrogen-bond donors (Lipinski definition) is 1. The van der Waals surface area contributed by atoms with Crippen molar-refractivity contribution in [2.45, 2.75) is 11.8 Å². The standard InChI is InChI=1S/C17H21FN4OS.ClH/c1-21-7-6-20-16(21)15-10-19-5-8-22(15)17(23)12-3-4-14(18)13(9-12)11-24-2;/h3-4,6-7,9,15,19H,5,8,10-11H2,1-2H3;1H. The molecule has 1 aromatic carbocycles. The van der Waals surface area contributed by atoms with Crippen molar-refractivity contribution in [2.75, 3.05) is 25.9 Å². The summed E-state index contributed by atoms with van der Waals surface area (Å²) < 4.78 is 15.8. The van der Waals surface area contributed by atoms with Gasteiger partial charge in [-0.3, -0.25) is 4.79 Å². The molecule has 5 nitrogen and oxygen atoms in total. The number of nitrogens with one attached hydrogen (secondary N) is 1. The molecule has 1 fully saturated rings. The van der Waals surface area contributed by atoms with Crippen LogP contribution in [-0.2, 0) is 12.8 Å². The number of halogens is 2. The van der Waals surface area contributed by atoms with E-state index in [1.807, 2.05) is 29.0 Å². The molecule has 1 unspecified atom stereocenters. The van der Waals surface area contributed by atoms with Gasteiger partial charge in [-0.2, -0.15) is 11.8 Å². The fourth-order valence-corrected chi connectivity index (χ4v) is 3.55. The van der Waals surface area contributed by atoms with E-state index in [1.165, 1.54) is 17.8 Å². The predicted octanol–water partition coefficient (Wildman–Crippen LogP) is 2.63. The molecule has 136 valence electrons. The number of thioether (sulfide) groups is 1. The van der Waals surface area contributed by atoms with Gasteiger partial charge in [0, 0.05) is 50.4 Å². The Labute approximate surface area is 157 Å². The van der Waals surface area contributed by atoms with Crippen LogP contribution in [0.15, 0.2) is 30.6 Å². The minimum absolute atomic E-state index is 0. The van der Waals surface area contributed by atoms with Crippen LogP contribution in [0.5, 0.6) is 0 Å². The highest BCUT2D eigenvalue weighted by Gasteiger charge is 2.31. The zero-order valence-corrected chi connectivity index (χ0v) is 15.9. The molecule has 0 saturated carbocycles. The Kier molecular flexibility index (Phi) is 6.87. The predicted molar refractivity (Wildman–Crippen MR) is 101 cm³/mol. The molecule has 3 rings (SSSR count). The lowest BCUT2D eigenvalue weighted by Gasteiger charge is -2.35. The lowest BCUT2D eigenvalue weighted by atomic mass is 10.1. The van der Waals surface area contributed by atoms with Crippen molar-refractivity contribution in [1.82, 2.24) is 19.8 Å². The number of hydrogen-bond acceptors (Lipinski definition) is 4. The lowest BCUT2D eigenvalue weighted by Crippen LogP contribution is -2.49. The van der Waals surface area contributed by atoms with Gasteiger partial charge in [-0.25, -0.2) is 9.37 Å². The Morgan fingerprint density at radius 1 is 1.48 bits per heavy atom. The van der Waals surface area contributed by atoms with Crippen molar-refractivity contribution in [3.05, 3.63) is 53.4 Å². The van der Waals surface area contributed by atoms with E-state index in [1.54, 1.807) is 18.3 Å². The number of aryl methyl sites for hydroxylation is 1. The highest BCUT2D eigenvalue weighted by Crippen LogP contribution is 2.24. The Morgan fingerprint density at radius 3 is 2.96 bits per heavy atom. The van der Waals surface area contributed by atoms with Crippen LogP contribution in [0.4, 0.5) is 4.39 Å². The maximum absolute atomic E-state index is 13.9. The van der Waals surface area contributed by atoms with Gasteiger partial charge in [0.25, 0.3) is 5.91 Å². The lowest BCUT2D eigenvalue weighted by molar-refractivity contribution is 0.0620. The van der Waals surface area contributed by atoms with Crippen LogP contribution in [0.2, 0.25) is 0 Å². The molecule has 1 aliphatic heterocycles. The second-order valence-corrected chi connectivity index (χ2v) is 6.72. The summed E-state index contributed by atoms with van der Waals surface area (Å²) in [5.74, 6) is 1.06. The highest BCUT2D eigenvalue weighted by atomic mass is 35.5. The number of carbonyl (C=O) groups excluding carboxylic acids is 1. The Balaban J connectivity index is 0.00000225. The molecule has 1 saturated heterocycles. The summed E-state index contributed by atoms with van der Waals surface area (Å²) in [6.45, 7) is 2.01. The monoisotopic (exact) mass is 384 g/mol. The summed E-state index contributed by atoms with van der Waals surface area (Å²) in [4.78, 5) is 19.2. The van der Waals surface area contributed by atoms with Gasteiger partial charge in [0.1, 0.15) is 17.7 Å². The SMILES string of the molecule is CSCc1cc(C(=O)N2CCNCC2c2nccn2C)ccc1F.Cl. The number of benzene rings is 1. The third-order valence-corrected chi connectivity index (χ3v) is 4.85. The number of carbonyl (C=O) groups is 1. The second kappa shape index (κ2) is 8.69. The van der Waals surface area contributed by atoms with Crippen LogP contribution < -0.4 is 5.32 Å². The topological polar surface area (TPSA) is 50.2 Å². The largest absolute Gasteiger partial charge is 0.336 e. The molecule has 2 heterocycles. The van der Waals surface area contributed by atoms with Crippen LogP contribution in [0.3, 0.4) is 0 Å². The summed E-state index contributed by atoms with van der Waals surface area (Å²) >= 11 is 1.54. The maximum Gasteiger partial charge on any atom is 0.254 e. The first-order valence-corrected chi connectivity index (χ1v) is 9.27. The van der Waals surface area contributed by atoms with Crippen LogP contribution in [0, 0.1) is 5.82 Å². The minimum atomic E-state index is -0.262. The molecule has 25 heavy (non-hydrogen) atoms. The van der Waals surface area contributed by atoms with E-state index < -0.39 is 0 Å². The van der Waals surface area contributed by atoms with Gasteiger partial charge in [-0.05, 0) is 30.0 Å². The van der Waals surface area contributed by atoms with Crippen LogP contribution in [0.1, 0.15) is 27.8 Å². The minimum Gasteiger partial charge on any atom is -0.336 e. The Bertz CT molecular complexity index is 739. The summed E-state index contributed by atoms with van der Waals surface area (Å²) in [6, 6.07) is 4.50. The van der Waals surface area contributed by atoms with E-state index in [4.69, 9.17) is 0 Å². The van der Waals surface area contributed by atoms with Gasteiger partial charge in [0.2, 0.25) is 0 Å². The number of nitrogens with zero attached hydrogens (tertiary/aromatic N) is 3. The van der Waals surface area contributed by atoms with E-state index in [-0.39, 0.29) is 30.2 Å². The summed E-state index contributed by atoms with van der Waals surface area (Å²) in [6.07, 6.45) is 5.53. The van der Waals surface area contributed by atoms with Crippen LogP contribution in [-0.4, -0.2) is 46.2 Å². The third-order valence-electron chi connectivity index (χ3n) is 4.25. The van der Waals surface area contributed by atoms with E-state index in [2.05, 4.69) is 10.3 Å². The number of rotatable bonds is 4. The first kappa shape index (κ1) is 19.8. The van der Waals surface area contributed by atoms with E-state index in [0.29, 0.717) is 30.0 Å². The molecule has 1 aromatic heterocycles. The van der Waals surface area contributed by atoms with E-state index in [9.17, 15) is 9.18 Å². The number of aromatic nitrogens is 2. The quantitative estimate of drug-likeness (QED) is 0.880. The Morgan fingerprint density at radius 2 is 2.28 bits per heavy atom. The van der Waals surface area contributed by atoms with Gasteiger partial charge in [0.05, 0.1) is 0 Å². The molecule has 0 spiro atoms. The summed E-state index contributed by atoms with van der Waals surface area (Å²) in [7, 11) is 1.92. The number of imidazole rings is 1. The fourth-order valence-electron chi connectivity index (χ4n) is 3.02. The molecule has 1 atom stereocenters. The van der Waals surface area contributed by atoms with E-state index >= 15 is 0 Å². The molecule has 1 amide bonds. The summed E-state index contributed by atoms with van der Waals surface area (Å²) in [5.41, 5.74) is 1.10. The second-order valence-electron chi connectivity index (χ2n) is 5.85. The third kappa shape index (κ3) is 4.16. The van der Waals surface area contributed by atoms with Crippen molar-refractivity contribution in [2.24, 2.45) is 7.05 Å². The first-order chi connectivity index (χ1) is 11.6. The molecule has 0 radical (unpaired) electrons. The first-order valence-electron chi connectivity index (χ1n) is 7.88. The molecule has 2 aromatic rings. The molecule has 1 aliphatic rings. The molecule has 0 aliphatic carbocycles. The average Bonchev–Trinajstić information content (AvgIpc) is 3.02. The van der Waals surface area contributed by atoms with Gasteiger partial charge in [0.15, 0.2) is 0 Å². The average molecular weight is 385 g/mol. The molecule has 8 heteroatoms. The van der Waals surface area contributed by atoms with Gasteiger partial charge in [-0.15, -0.1) is 12.4 Å². The van der Waals surface area contributed by atoms with Crippen LogP contribution in [0.25, 0.3) is 0 Å². The number of piperazine rings is 1. The normalized spacial score (nSPS) is 17.2. The molecule has 0 bridgehead atoms. The molecular formula is C17H22ClFN4OS. The molecule has 1 N–H and O–H groups in total. The van der Waals surface area contributed by atoms with Crippen molar-refractivity contribution in [3.63, 3.8) is 0 Å². The van der Waals surface area contributed by atoms with Gasteiger partial charge >= 0.3 is 0 Å². The zero-order chi connectivity index (χ0) is 17.1. The Hall–Kier alpha value is -1.57. The fraction of sp³-hybridized carbons (Fsp3) is 0.412. The molecular weight excluding hydrogens is 363 g/mol. The van der Waals surface area contributed by atoms with Crippen LogP contribution >= 0.6 is 24.2 Å². The van der Waals surface area contributed by atoms with Crippen molar-refractivity contribution < 1.29 is 9.18 Å². The number of amides is 1. The maximum atomic E-state index is 13.9. The van der Waals surface area contributed by atoms with E-state index in [0.717, 1.165) is 12.4 Å². The van der Waals surface area contributed by atoms with Crippen molar-refractivity contribution in [1.29, 1.82) is 0 Å².